The van der Waals surface area contributed by atoms with Gasteiger partial charge in [0.15, 0.2) is 5.03 Å². The van der Waals surface area contributed by atoms with Crippen molar-refractivity contribution in [3.63, 3.8) is 0 Å². The van der Waals surface area contributed by atoms with Crippen LogP contribution in [-0.4, -0.2) is 50.4 Å². The van der Waals surface area contributed by atoms with Crippen LogP contribution in [0.3, 0.4) is 0 Å². The molecule has 0 aliphatic rings. The average molecular weight is 196 g/mol. The number of pyridine rings is 1. The van der Waals surface area contributed by atoms with Gasteiger partial charge in [0.2, 0.25) is 17.0 Å². The van der Waals surface area contributed by atoms with Gasteiger partial charge in [-0.15, -0.1) is 0 Å². The van der Waals surface area contributed by atoms with E-state index in [1.54, 1.807) is 12.1 Å². The van der Waals surface area contributed by atoms with Crippen molar-refractivity contribution in [2.24, 2.45) is 0 Å². The van der Waals surface area contributed by atoms with E-state index >= 15 is 0 Å². The smallest absolute Gasteiger partial charge is 0.214 e. The van der Waals surface area contributed by atoms with Gasteiger partial charge in [0.1, 0.15) is 0 Å². The van der Waals surface area contributed by atoms with E-state index in [-0.39, 0.29) is 34.6 Å². The van der Waals surface area contributed by atoms with E-state index in [1.807, 2.05) is 0 Å². The molecule has 1 N–H and O–H groups in total. The van der Waals surface area contributed by atoms with Crippen molar-refractivity contribution >= 4 is 40.6 Å². The van der Waals surface area contributed by atoms with E-state index < -0.39 is 11.1 Å². The molecule has 4 nitrogen and oxygen atoms in total. The van der Waals surface area contributed by atoms with Crippen LogP contribution in [0.2, 0.25) is 0 Å². The molecule has 1 radical (unpaired) electrons. The second-order valence-corrected chi connectivity index (χ2v) is 2.68. The summed E-state index contributed by atoms with van der Waals surface area (Å²) in [5.74, 6) is 0.338. The molecule has 1 aromatic heterocycles. The van der Waals surface area contributed by atoms with E-state index in [9.17, 15) is 4.21 Å². The number of ether oxygens (including phenoxy) is 1. The standard InChI is InChI=1S/C6H7NO3S.Na/c1-10-5-3-2-4-6(7-5)11(8)9;/h2-4H,1H3,(H,8,9);. The molecular weight excluding hydrogens is 189 g/mol. The summed E-state index contributed by atoms with van der Waals surface area (Å²) in [6.45, 7) is 0. The van der Waals surface area contributed by atoms with Gasteiger partial charge in [-0.3, -0.25) is 0 Å². The third-order valence-electron chi connectivity index (χ3n) is 1.09. The Morgan fingerprint density at radius 1 is 1.58 bits per heavy atom. The topological polar surface area (TPSA) is 59.4 Å². The molecule has 0 saturated carbocycles. The van der Waals surface area contributed by atoms with Gasteiger partial charge in [-0.25, -0.2) is 9.19 Å². The maximum absolute atomic E-state index is 10.5. The minimum absolute atomic E-state index is 0. The van der Waals surface area contributed by atoms with Crippen molar-refractivity contribution in [3.05, 3.63) is 18.2 Å². The molecule has 0 bridgehead atoms. The van der Waals surface area contributed by atoms with E-state index in [4.69, 9.17) is 9.29 Å². The molecule has 0 saturated heterocycles. The first-order valence-electron chi connectivity index (χ1n) is 2.86. The molecule has 61 valence electrons. The van der Waals surface area contributed by atoms with Crippen LogP contribution in [0.25, 0.3) is 0 Å². The van der Waals surface area contributed by atoms with Gasteiger partial charge in [0.25, 0.3) is 0 Å². The second-order valence-electron chi connectivity index (χ2n) is 1.77. The van der Waals surface area contributed by atoms with Crippen LogP contribution < -0.4 is 4.74 Å². The number of nitrogens with zero attached hydrogens (tertiary/aromatic N) is 1. The molecule has 0 spiro atoms. The van der Waals surface area contributed by atoms with Crippen LogP contribution in [0, 0.1) is 0 Å². The van der Waals surface area contributed by atoms with Crippen molar-refractivity contribution in [1.29, 1.82) is 0 Å². The molecule has 0 aliphatic carbocycles. The fourth-order valence-corrected chi connectivity index (χ4v) is 0.970. The number of aromatic nitrogens is 1. The summed E-state index contributed by atoms with van der Waals surface area (Å²) in [4.78, 5) is 3.72. The molecule has 0 aliphatic heterocycles. The maximum Gasteiger partial charge on any atom is 0.214 e. The van der Waals surface area contributed by atoms with Crippen molar-refractivity contribution in [2.75, 3.05) is 7.11 Å². The molecule has 0 fully saturated rings. The predicted molar refractivity (Wildman–Crippen MR) is 45.6 cm³/mol. The normalized spacial score (nSPS) is 11.5. The molecular formula is C6H7NNaO3S. The first kappa shape index (κ1) is 12.1. The van der Waals surface area contributed by atoms with Crippen LogP contribution in [0.4, 0.5) is 0 Å². The second kappa shape index (κ2) is 5.66. The fourth-order valence-electron chi connectivity index (χ4n) is 0.607. The molecule has 1 unspecified atom stereocenters. The Labute approximate surface area is 94.9 Å². The van der Waals surface area contributed by atoms with E-state index in [0.717, 1.165) is 0 Å². The summed E-state index contributed by atoms with van der Waals surface area (Å²) >= 11 is -2.03. The van der Waals surface area contributed by atoms with E-state index in [2.05, 4.69) is 4.98 Å². The third kappa shape index (κ3) is 3.20. The zero-order chi connectivity index (χ0) is 8.27. The zero-order valence-corrected chi connectivity index (χ0v) is 9.67. The molecule has 1 aromatic rings. The van der Waals surface area contributed by atoms with Gasteiger partial charge in [0, 0.05) is 35.6 Å². The Hall–Kier alpha value is 0.0600. The van der Waals surface area contributed by atoms with Gasteiger partial charge in [-0.1, -0.05) is 6.07 Å². The molecule has 1 heterocycles. The van der Waals surface area contributed by atoms with E-state index in [1.165, 1.54) is 13.2 Å². The number of rotatable bonds is 2. The Bertz CT molecular complexity index is 281. The minimum atomic E-state index is -2.03. The summed E-state index contributed by atoms with van der Waals surface area (Å²) in [5.41, 5.74) is 0. The summed E-state index contributed by atoms with van der Waals surface area (Å²) in [6, 6.07) is 4.67. The molecule has 0 aromatic carbocycles. The third-order valence-corrected chi connectivity index (χ3v) is 1.67. The van der Waals surface area contributed by atoms with Crippen LogP contribution in [0.1, 0.15) is 0 Å². The van der Waals surface area contributed by atoms with Crippen LogP contribution in [-0.2, 0) is 11.1 Å². The van der Waals surface area contributed by atoms with Crippen molar-refractivity contribution in [1.82, 2.24) is 4.98 Å². The molecule has 6 heteroatoms. The zero-order valence-electron chi connectivity index (χ0n) is 6.85. The molecule has 1 rings (SSSR count). The number of methoxy groups -OCH3 is 1. The molecule has 1 atom stereocenters. The van der Waals surface area contributed by atoms with Crippen LogP contribution in [0.15, 0.2) is 23.2 Å². The quantitative estimate of drug-likeness (QED) is 0.545. The maximum atomic E-state index is 10.5. The van der Waals surface area contributed by atoms with Crippen LogP contribution in [0.5, 0.6) is 5.88 Å². The summed E-state index contributed by atoms with van der Waals surface area (Å²) in [7, 11) is 1.45. The van der Waals surface area contributed by atoms with Crippen molar-refractivity contribution in [3.8, 4) is 5.88 Å². The Balaban J connectivity index is 0.00000121. The van der Waals surface area contributed by atoms with Crippen molar-refractivity contribution in [2.45, 2.75) is 5.03 Å². The Morgan fingerprint density at radius 3 is 2.75 bits per heavy atom. The first-order chi connectivity index (χ1) is 5.24. The average Bonchev–Trinajstić information content (AvgIpc) is 2.05. The monoisotopic (exact) mass is 196 g/mol. The van der Waals surface area contributed by atoms with E-state index in [0.29, 0.717) is 5.88 Å². The summed E-state index contributed by atoms with van der Waals surface area (Å²) in [5, 5.41) is 0.101. The van der Waals surface area contributed by atoms with Gasteiger partial charge in [-0.05, 0) is 6.07 Å². The van der Waals surface area contributed by atoms with Gasteiger partial charge < -0.3 is 9.29 Å². The van der Waals surface area contributed by atoms with Gasteiger partial charge in [0.05, 0.1) is 7.11 Å². The van der Waals surface area contributed by atoms with Crippen LogP contribution >= 0.6 is 0 Å². The number of hydrogen-bond acceptors (Lipinski definition) is 3. The first-order valence-corrected chi connectivity index (χ1v) is 3.96. The molecule has 0 amide bonds. The summed E-state index contributed by atoms with van der Waals surface area (Å²) < 4.78 is 23.8. The minimum Gasteiger partial charge on any atom is -0.481 e. The Morgan fingerprint density at radius 2 is 2.25 bits per heavy atom. The Kier molecular flexibility index (Phi) is 5.69. The van der Waals surface area contributed by atoms with Crippen molar-refractivity contribution < 1.29 is 13.5 Å². The summed E-state index contributed by atoms with van der Waals surface area (Å²) in [6.07, 6.45) is 0. The number of hydrogen-bond donors (Lipinski definition) is 1. The SMILES string of the molecule is COc1cccc(S(=O)O)n1.[Na]. The largest absolute Gasteiger partial charge is 0.481 e. The fraction of sp³-hybridized carbons (Fsp3) is 0.167. The van der Waals surface area contributed by atoms with Gasteiger partial charge in [-0.2, -0.15) is 0 Å². The predicted octanol–water partition coefficient (Wildman–Crippen LogP) is 0.290. The van der Waals surface area contributed by atoms with Gasteiger partial charge >= 0.3 is 0 Å². The molecule has 12 heavy (non-hydrogen) atoms.